The number of phenols is 1. The molecule has 2 rings (SSSR count). The Morgan fingerprint density at radius 3 is 2.46 bits per heavy atom. The lowest BCUT2D eigenvalue weighted by molar-refractivity contribution is 0.0954. The summed E-state index contributed by atoms with van der Waals surface area (Å²) in [5, 5.41) is 18.6. The van der Waals surface area contributed by atoms with Gasteiger partial charge in [-0.1, -0.05) is 36.8 Å². The van der Waals surface area contributed by atoms with Gasteiger partial charge < -0.3 is 21.1 Å². The van der Waals surface area contributed by atoms with Crippen LogP contribution in [0.25, 0.3) is 0 Å². The number of nitrogens with one attached hydrogen (secondary N) is 3. The van der Waals surface area contributed by atoms with Gasteiger partial charge in [0, 0.05) is 37.7 Å². The maximum absolute atomic E-state index is 12.1. The van der Waals surface area contributed by atoms with E-state index >= 15 is 0 Å². The molecule has 0 radical (unpaired) electrons. The van der Waals surface area contributed by atoms with Crippen molar-refractivity contribution in [2.75, 3.05) is 26.2 Å². The van der Waals surface area contributed by atoms with E-state index in [0.717, 1.165) is 12.5 Å². The van der Waals surface area contributed by atoms with Gasteiger partial charge >= 0.3 is 0 Å². The molecule has 4 N–H and O–H groups in total. The second kappa shape index (κ2) is 11.0. The van der Waals surface area contributed by atoms with Gasteiger partial charge in [-0.2, -0.15) is 0 Å². The zero-order valence-corrected chi connectivity index (χ0v) is 16.8. The average Bonchev–Trinajstić information content (AvgIpc) is 2.69. The van der Waals surface area contributed by atoms with Gasteiger partial charge in [0.15, 0.2) is 5.96 Å². The molecule has 150 valence electrons. The minimum atomic E-state index is -0.170. The van der Waals surface area contributed by atoms with E-state index in [1.165, 1.54) is 23.3 Å². The lowest BCUT2D eigenvalue weighted by Crippen LogP contribution is -2.41. The van der Waals surface area contributed by atoms with Crippen LogP contribution in [0.2, 0.25) is 0 Å². The zero-order valence-electron chi connectivity index (χ0n) is 16.8. The molecular formula is C22H30N4O2. The number of nitrogens with zero attached hydrogens (tertiary/aromatic N) is 1. The highest BCUT2D eigenvalue weighted by atomic mass is 16.3. The summed E-state index contributed by atoms with van der Waals surface area (Å²) in [5.74, 6) is 1.03. The van der Waals surface area contributed by atoms with E-state index in [1.54, 1.807) is 12.1 Å². The summed E-state index contributed by atoms with van der Waals surface area (Å²) in [6, 6.07) is 14.7. The molecule has 1 amide bonds. The molecule has 6 nitrogen and oxygen atoms in total. The third-order valence-electron chi connectivity index (χ3n) is 4.31. The van der Waals surface area contributed by atoms with Crippen molar-refractivity contribution in [1.82, 2.24) is 16.0 Å². The second-order valence-electron chi connectivity index (χ2n) is 6.76. The van der Waals surface area contributed by atoms with Crippen LogP contribution in [0.3, 0.4) is 0 Å². The highest BCUT2D eigenvalue weighted by molar-refractivity contribution is 5.94. The molecule has 6 heteroatoms. The zero-order chi connectivity index (χ0) is 20.4. The number of carbonyl (C=O) groups is 1. The SMILES string of the molecule is CCNC(=NCC(C)c1cccc(C)c1)NCCNC(=O)c1ccc(O)cc1. The van der Waals surface area contributed by atoms with Crippen LogP contribution in [0.4, 0.5) is 0 Å². The fourth-order valence-corrected chi connectivity index (χ4v) is 2.72. The first kappa shape index (κ1) is 21.3. The van der Waals surface area contributed by atoms with Crippen molar-refractivity contribution in [1.29, 1.82) is 0 Å². The molecule has 0 saturated carbocycles. The Bertz CT molecular complexity index is 787. The monoisotopic (exact) mass is 382 g/mol. The minimum absolute atomic E-state index is 0.143. The summed E-state index contributed by atoms with van der Waals surface area (Å²) in [7, 11) is 0. The van der Waals surface area contributed by atoms with Crippen molar-refractivity contribution in [3.05, 3.63) is 65.2 Å². The van der Waals surface area contributed by atoms with Crippen molar-refractivity contribution in [3.63, 3.8) is 0 Å². The maximum atomic E-state index is 12.1. The highest BCUT2D eigenvalue weighted by Gasteiger charge is 2.07. The number of rotatable bonds is 8. The first-order valence-electron chi connectivity index (χ1n) is 9.65. The summed E-state index contributed by atoms with van der Waals surface area (Å²) < 4.78 is 0. The Kier molecular flexibility index (Phi) is 8.34. The summed E-state index contributed by atoms with van der Waals surface area (Å²) in [6.45, 7) is 8.76. The largest absolute Gasteiger partial charge is 0.508 e. The van der Waals surface area contributed by atoms with E-state index in [4.69, 9.17) is 0 Å². The molecule has 0 saturated heterocycles. The Hall–Kier alpha value is -3.02. The molecule has 0 aliphatic carbocycles. The van der Waals surface area contributed by atoms with E-state index in [2.05, 4.69) is 59.1 Å². The van der Waals surface area contributed by atoms with Crippen LogP contribution in [0.5, 0.6) is 5.75 Å². The average molecular weight is 383 g/mol. The molecule has 0 heterocycles. The van der Waals surface area contributed by atoms with Crippen molar-refractivity contribution in [3.8, 4) is 5.75 Å². The smallest absolute Gasteiger partial charge is 0.251 e. The lowest BCUT2D eigenvalue weighted by atomic mass is 10.00. The van der Waals surface area contributed by atoms with Crippen molar-refractivity contribution in [2.45, 2.75) is 26.7 Å². The molecule has 2 aromatic carbocycles. The molecular weight excluding hydrogens is 352 g/mol. The van der Waals surface area contributed by atoms with Crippen LogP contribution in [0, 0.1) is 6.92 Å². The molecule has 1 atom stereocenters. The molecule has 0 aliphatic rings. The summed E-state index contributed by atoms with van der Waals surface area (Å²) >= 11 is 0. The summed E-state index contributed by atoms with van der Waals surface area (Å²) in [4.78, 5) is 16.7. The van der Waals surface area contributed by atoms with Crippen LogP contribution in [0.15, 0.2) is 53.5 Å². The van der Waals surface area contributed by atoms with Gasteiger partial charge in [0.2, 0.25) is 0 Å². The van der Waals surface area contributed by atoms with E-state index in [9.17, 15) is 9.90 Å². The van der Waals surface area contributed by atoms with Gasteiger partial charge in [0.25, 0.3) is 5.91 Å². The number of benzene rings is 2. The topological polar surface area (TPSA) is 85.8 Å². The fourth-order valence-electron chi connectivity index (χ4n) is 2.72. The van der Waals surface area contributed by atoms with Gasteiger partial charge in [-0.05, 0) is 43.7 Å². The Morgan fingerprint density at radius 1 is 1.07 bits per heavy atom. The summed E-state index contributed by atoms with van der Waals surface area (Å²) in [5.41, 5.74) is 3.05. The molecule has 0 aliphatic heterocycles. The molecule has 28 heavy (non-hydrogen) atoms. The number of aliphatic imine (C=N–C) groups is 1. The minimum Gasteiger partial charge on any atom is -0.508 e. The summed E-state index contributed by atoms with van der Waals surface area (Å²) in [6.07, 6.45) is 0. The molecule has 2 aromatic rings. The van der Waals surface area contributed by atoms with Crippen LogP contribution in [-0.4, -0.2) is 43.2 Å². The van der Waals surface area contributed by atoms with Gasteiger partial charge in [-0.25, -0.2) is 0 Å². The first-order chi connectivity index (χ1) is 13.5. The number of amides is 1. The Balaban J connectivity index is 1.80. The number of guanidine groups is 1. The number of aromatic hydroxyl groups is 1. The Morgan fingerprint density at radius 2 is 1.79 bits per heavy atom. The fraction of sp³-hybridized carbons (Fsp3) is 0.364. The van der Waals surface area contributed by atoms with Crippen LogP contribution in [-0.2, 0) is 0 Å². The van der Waals surface area contributed by atoms with Gasteiger partial charge in [-0.3, -0.25) is 9.79 Å². The lowest BCUT2D eigenvalue weighted by Gasteiger charge is -2.14. The van der Waals surface area contributed by atoms with Gasteiger partial charge in [-0.15, -0.1) is 0 Å². The van der Waals surface area contributed by atoms with Crippen molar-refractivity contribution >= 4 is 11.9 Å². The number of phenolic OH excluding ortho intramolecular Hbond substituents is 1. The number of hydrogen-bond donors (Lipinski definition) is 4. The Labute approximate surface area is 167 Å². The van der Waals surface area contributed by atoms with Gasteiger partial charge in [0.05, 0.1) is 0 Å². The standard InChI is InChI=1S/C22H30N4O2/c1-4-23-22(26-15-17(3)19-7-5-6-16(2)14-19)25-13-12-24-21(28)18-8-10-20(27)11-9-18/h5-11,14,17,27H,4,12-13,15H2,1-3H3,(H,24,28)(H2,23,25,26). The van der Waals surface area contributed by atoms with E-state index in [-0.39, 0.29) is 11.7 Å². The van der Waals surface area contributed by atoms with Gasteiger partial charge in [0.1, 0.15) is 5.75 Å². The van der Waals surface area contributed by atoms with E-state index < -0.39 is 0 Å². The van der Waals surface area contributed by atoms with Crippen LogP contribution >= 0.6 is 0 Å². The molecule has 1 unspecified atom stereocenters. The van der Waals surface area contributed by atoms with Crippen LogP contribution in [0.1, 0.15) is 41.3 Å². The molecule has 0 aromatic heterocycles. The second-order valence-corrected chi connectivity index (χ2v) is 6.76. The predicted molar refractivity (Wildman–Crippen MR) is 114 cm³/mol. The van der Waals surface area contributed by atoms with Crippen molar-refractivity contribution < 1.29 is 9.90 Å². The third-order valence-corrected chi connectivity index (χ3v) is 4.31. The number of aryl methyl sites for hydroxylation is 1. The third kappa shape index (κ3) is 6.95. The predicted octanol–water partition coefficient (Wildman–Crippen LogP) is 2.79. The maximum Gasteiger partial charge on any atom is 0.251 e. The first-order valence-corrected chi connectivity index (χ1v) is 9.65. The van der Waals surface area contributed by atoms with E-state index in [1.807, 2.05) is 6.92 Å². The van der Waals surface area contributed by atoms with Crippen LogP contribution < -0.4 is 16.0 Å². The van der Waals surface area contributed by atoms with Crippen molar-refractivity contribution in [2.24, 2.45) is 4.99 Å². The molecule has 0 spiro atoms. The number of hydrogen-bond acceptors (Lipinski definition) is 3. The highest BCUT2D eigenvalue weighted by Crippen LogP contribution is 2.16. The van der Waals surface area contributed by atoms with E-state index in [0.29, 0.717) is 31.1 Å². The number of carbonyl (C=O) groups excluding carboxylic acids is 1. The molecule has 0 bridgehead atoms. The normalized spacial score (nSPS) is 12.3. The molecule has 0 fully saturated rings. The quantitative estimate of drug-likeness (QED) is 0.321.